The van der Waals surface area contributed by atoms with Crippen LogP contribution in [0.4, 0.5) is 0 Å². The van der Waals surface area contributed by atoms with E-state index >= 15 is 0 Å². The number of rotatable bonds is 0. The number of hydrogen-bond donors (Lipinski definition) is 0. The molecule has 0 atom stereocenters. The van der Waals surface area contributed by atoms with Crippen molar-refractivity contribution in [3.8, 4) is 0 Å². The van der Waals surface area contributed by atoms with Crippen molar-refractivity contribution < 1.29 is 25.8 Å². The minimum Gasteiger partial charge on any atom is -0.199 e. The average molecular weight is 530 g/mol. The quantitative estimate of drug-likeness (QED) is 0.168. The average Bonchev–Trinajstić information content (AvgIpc) is 3.29. The molecule has 0 saturated carbocycles. The van der Waals surface area contributed by atoms with Crippen LogP contribution in [0.2, 0.25) is 0 Å². The molecule has 4 aromatic rings. The summed E-state index contributed by atoms with van der Waals surface area (Å²) in [5.74, 6) is 0. The van der Waals surface area contributed by atoms with Crippen LogP contribution in [-0.4, -0.2) is 0 Å². The van der Waals surface area contributed by atoms with Gasteiger partial charge in [-0.15, -0.1) is 52.7 Å². The molecule has 0 N–H and O–H groups in total. The van der Waals surface area contributed by atoms with Gasteiger partial charge in [0.25, 0.3) is 0 Å². The SMILES string of the molecule is C[c-]1ccc2cc3c(cc21)CCC3.[CH2-]c1ccccc1.[CH2-]c1ccccc1.[Hf]. The van der Waals surface area contributed by atoms with E-state index in [1.807, 2.05) is 60.7 Å². The van der Waals surface area contributed by atoms with Crippen LogP contribution in [0.25, 0.3) is 10.8 Å². The summed E-state index contributed by atoms with van der Waals surface area (Å²) in [7, 11) is 0. The first-order valence-electron chi connectivity index (χ1n) is 9.55. The first kappa shape index (κ1) is 22.2. The van der Waals surface area contributed by atoms with Crippen molar-refractivity contribution in [3.05, 3.63) is 127 Å². The van der Waals surface area contributed by atoms with Crippen LogP contribution in [0.1, 0.15) is 34.2 Å². The molecule has 28 heavy (non-hydrogen) atoms. The second-order valence-electron chi connectivity index (χ2n) is 7.05. The Balaban J connectivity index is 0.000000161. The molecular formula is C27H27Hf-3. The molecule has 1 aliphatic rings. The molecule has 4 aromatic carbocycles. The molecule has 5 rings (SSSR count). The molecule has 0 radical (unpaired) electrons. The van der Waals surface area contributed by atoms with Gasteiger partial charge in [-0.1, -0.05) is 30.2 Å². The summed E-state index contributed by atoms with van der Waals surface area (Å²) in [6.07, 6.45) is 3.92. The zero-order chi connectivity index (χ0) is 19.1. The predicted octanol–water partition coefficient (Wildman–Crippen LogP) is 7.09. The first-order valence-corrected chi connectivity index (χ1v) is 9.55. The van der Waals surface area contributed by atoms with Crippen LogP contribution in [0, 0.1) is 20.8 Å². The van der Waals surface area contributed by atoms with E-state index in [4.69, 9.17) is 0 Å². The fraction of sp³-hybridized carbons (Fsp3) is 0.148. The molecule has 142 valence electrons. The Kier molecular flexibility index (Phi) is 8.73. The second-order valence-corrected chi connectivity index (χ2v) is 7.05. The van der Waals surface area contributed by atoms with Gasteiger partial charge in [-0.3, -0.25) is 0 Å². The molecule has 0 aromatic heterocycles. The van der Waals surface area contributed by atoms with Crippen molar-refractivity contribution in [2.45, 2.75) is 26.2 Å². The van der Waals surface area contributed by atoms with Crippen LogP contribution in [0.5, 0.6) is 0 Å². The maximum atomic E-state index is 3.72. The fourth-order valence-electron chi connectivity index (χ4n) is 3.38. The van der Waals surface area contributed by atoms with Crippen molar-refractivity contribution >= 4 is 10.8 Å². The van der Waals surface area contributed by atoms with E-state index < -0.39 is 0 Å². The summed E-state index contributed by atoms with van der Waals surface area (Å²) in [5.41, 5.74) is 6.73. The topological polar surface area (TPSA) is 0 Å². The van der Waals surface area contributed by atoms with E-state index in [9.17, 15) is 0 Å². The van der Waals surface area contributed by atoms with Crippen LogP contribution in [0.3, 0.4) is 0 Å². The molecule has 0 amide bonds. The summed E-state index contributed by atoms with van der Waals surface area (Å²) in [6.45, 7) is 9.64. The Morgan fingerprint density at radius 3 is 1.68 bits per heavy atom. The molecule has 0 aliphatic heterocycles. The maximum Gasteiger partial charge on any atom is 0 e. The van der Waals surface area contributed by atoms with Gasteiger partial charge in [-0.2, -0.15) is 61.4 Å². The molecule has 0 nitrogen and oxygen atoms in total. The third-order valence-electron chi connectivity index (χ3n) is 4.89. The Morgan fingerprint density at radius 2 is 1.21 bits per heavy atom. The monoisotopic (exact) mass is 531 g/mol. The van der Waals surface area contributed by atoms with Gasteiger partial charge in [0.05, 0.1) is 0 Å². The standard InChI is InChI=1S/C13H13.2C7H7.Hf/c1-9-5-6-12-7-10-3-2-4-11(10)8-13(9)12;2*1-7-5-3-2-4-6-7;/h5-8H,2-4H2,1H3;2*2-6H,1H2;/q3*-1;. The Bertz CT molecular complexity index is 928. The number of benzene rings is 3. The summed E-state index contributed by atoms with van der Waals surface area (Å²) in [4.78, 5) is 0. The Morgan fingerprint density at radius 1 is 0.714 bits per heavy atom. The predicted molar refractivity (Wildman–Crippen MR) is 118 cm³/mol. The number of aryl methyl sites for hydroxylation is 3. The normalized spacial score (nSPS) is 11.3. The van der Waals surface area contributed by atoms with Gasteiger partial charge < -0.3 is 0 Å². The van der Waals surface area contributed by atoms with Crippen LogP contribution in [-0.2, 0) is 38.7 Å². The molecular weight excluding hydrogens is 503 g/mol. The molecule has 1 aliphatic carbocycles. The second kappa shape index (κ2) is 11.0. The summed E-state index contributed by atoms with van der Waals surface area (Å²) >= 11 is 0. The first-order chi connectivity index (χ1) is 13.1. The van der Waals surface area contributed by atoms with Gasteiger partial charge >= 0.3 is 0 Å². The largest absolute Gasteiger partial charge is 0.199 e. The van der Waals surface area contributed by atoms with E-state index in [-0.39, 0.29) is 25.8 Å². The molecule has 0 spiro atoms. The van der Waals surface area contributed by atoms with Crippen molar-refractivity contribution in [2.24, 2.45) is 0 Å². The molecule has 0 saturated heterocycles. The molecule has 0 bridgehead atoms. The van der Waals surface area contributed by atoms with E-state index in [1.54, 1.807) is 11.1 Å². The van der Waals surface area contributed by atoms with Gasteiger partial charge in [0.1, 0.15) is 0 Å². The smallest absolute Gasteiger partial charge is 0 e. The molecule has 1 heteroatoms. The van der Waals surface area contributed by atoms with E-state index in [2.05, 4.69) is 45.0 Å². The Labute approximate surface area is 188 Å². The molecule has 0 unspecified atom stereocenters. The van der Waals surface area contributed by atoms with E-state index in [0.717, 1.165) is 11.1 Å². The minimum atomic E-state index is 0. The minimum absolute atomic E-state index is 0. The van der Waals surface area contributed by atoms with Crippen LogP contribution >= 0.6 is 0 Å². The molecule has 0 heterocycles. The molecule has 0 fully saturated rings. The van der Waals surface area contributed by atoms with Gasteiger partial charge in [0.15, 0.2) is 0 Å². The Hall–Kier alpha value is -2.12. The zero-order valence-corrected chi connectivity index (χ0v) is 20.2. The number of hydrogen-bond acceptors (Lipinski definition) is 0. The maximum absolute atomic E-state index is 3.72. The third kappa shape index (κ3) is 6.21. The number of fused-ring (bicyclic) bond motifs is 2. The van der Waals surface area contributed by atoms with Gasteiger partial charge in [-0.25, -0.2) is 0 Å². The fourth-order valence-corrected chi connectivity index (χ4v) is 3.38. The zero-order valence-electron chi connectivity index (χ0n) is 16.6. The van der Waals surface area contributed by atoms with Crippen molar-refractivity contribution in [2.75, 3.05) is 0 Å². The summed E-state index contributed by atoms with van der Waals surface area (Å²) in [5, 5.41) is 2.89. The summed E-state index contributed by atoms with van der Waals surface area (Å²) in [6, 6.07) is 29.0. The van der Waals surface area contributed by atoms with E-state index in [1.165, 1.54) is 35.6 Å². The van der Waals surface area contributed by atoms with Crippen molar-refractivity contribution in [1.29, 1.82) is 0 Å². The van der Waals surface area contributed by atoms with Crippen LogP contribution in [0.15, 0.2) is 84.9 Å². The third-order valence-corrected chi connectivity index (χ3v) is 4.89. The van der Waals surface area contributed by atoms with E-state index in [0.29, 0.717) is 0 Å². The summed E-state index contributed by atoms with van der Waals surface area (Å²) < 4.78 is 0. The van der Waals surface area contributed by atoms with Crippen molar-refractivity contribution in [3.63, 3.8) is 0 Å². The van der Waals surface area contributed by atoms with Gasteiger partial charge in [0.2, 0.25) is 0 Å². The van der Waals surface area contributed by atoms with Gasteiger partial charge in [-0.05, 0) is 19.3 Å². The van der Waals surface area contributed by atoms with Gasteiger partial charge in [0, 0.05) is 25.8 Å². The van der Waals surface area contributed by atoms with Crippen LogP contribution < -0.4 is 0 Å². The van der Waals surface area contributed by atoms with Crippen molar-refractivity contribution in [1.82, 2.24) is 0 Å².